The van der Waals surface area contributed by atoms with E-state index in [-0.39, 0.29) is 17.6 Å². The highest BCUT2D eigenvalue weighted by molar-refractivity contribution is 5.42. The number of nitrogens with zero attached hydrogens (tertiary/aromatic N) is 1. The van der Waals surface area contributed by atoms with Gasteiger partial charge < -0.3 is 10.8 Å². The van der Waals surface area contributed by atoms with E-state index in [9.17, 15) is 9.50 Å². The van der Waals surface area contributed by atoms with Crippen LogP contribution in [0.25, 0.3) is 0 Å². The third kappa shape index (κ3) is 3.00. The molecule has 1 heterocycles. The van der Waals surface area contributed by atoms with Crippen LogP contribution < -0.4 is 5.73 Å². The van der Waals surface area contributed by atoms with E-state index in [1.54, 1.807) is 18.2 Å². The Hall–Kier alpha value is -1.13. The number of nitrogen functional groups attached to an aromatic ring is 1. The van der Waals surface area contributed by atoms with Gasteiger partial charge in [0, 0.05) is 12.1 Å². The number of likely N-dealkylation sites (tertiary alicyclic amines) is 1. The second-order valence-corrected chi connectivity index (χ2v) is 5.17. The van der Waals surface area contributed by atoms with Gasteiger partial charge in [0.05, 0.1) is 11.8 Å². The lowest BCUT2D eigenvalue weighted by molar-refractivity contribution is 0.0692. The maximum atomic E-state index is 13.8. The zero-order valence-corrected chi connectivity index (χ0v) is 10.8. The summed E-state index contributed by atoms with van der Waals surface area (Å²) in [7, 11) is 0. The Morgan fingerprint density at radius 3 is 2.72 bits per heavy atom. The van der Waals surface area contributed by atoms with Gasteiger partial charge >= 0.3 is 0 Å². The number of hydrogen-bond acceptors (Lipinski definition) is 3. The fourth-order valence-electron chi connectivity index (χ4n) is 2.56. The van der Waals surface area contributed by atoms with Crippen molar-refractivity contribution in [1.82, 2.24) is 4.90 Å². The summed E-state index contributed by atoms with van der Waals surface area (Å²) < 4.78 is 13.8. The summed E-state index contributed by atoms with van der Waals surface area (Å²) >= 11 is 0. The van der Waals surface area contributed by atoms with E-state index in [2.05, 4.69) is 4.90 Å². The van der Waals surface area contributed by atoms with Gasteiger partial charge in [-0.25, -0.2) is 4.39 Å². The number of piperidine rings is 1. The molecule has 0 aromatic heterocycles. The van der Waals surface area contributed by atoms with Gasteiger partial charge in [-0.05, 0) is 44.8 Å². The van der Waals surface area contributed by atoms with Gasteiger partial charge in [0.15, 0.2) is 5.82 Å². The Morgan fingerprint density at radius 2 is 2.11 bits per heavy atom. The average molecular weight is 252 g/mol. The lowest BCUT2D eigenvalue weighted by atomic mass is 9.92. The van der Waals surface area contributed by atoms with Crippen molar-refractivity contribution < 1.29 is 9.50 Å². The van der Waals surface area contributed by atoms with Crippen LogP contribution in [0.1, 0.15) is 25.3 Å². The van der Waals surface area contributed by atoms with Gasteiger partial charge in [-0.15, -0.1) is 0 Å². The molecule has 4 heteroatoms. The number of aliphatic hydroxyl groups is 1. The van der Waals surface area contributed by atoms with Crippen molar-refractivity contribution in [2.45, 2.75) is 32.4 Å². The van der Waals surface area contributed by atoms with Crippen LogP contribution in [0, 0.1) is 11.7 Å². The zero-order valence-electron chi connectivity index (χ0n) is 10.8. The number of anilines is 1. The molecule has 18 heavy (non-hydrogen) atoms. The molecule has 1 atom stereocenters. The Bertz CT molecular complexity index is 401. The molecular formula is C14H21FN2O. The van der Waals surface area contributed by atoms with Crippen molar-refractivity contribution in [3.05, 3.63) is 29.6 Å². The third-order valence-electron chi connectivity index (χ3n) is 3.82. The summed E-state index contributed by atoms with van der Waals surface area (Å²) in [5.74, 6) is 0.0853. The van der Waals surface area contributed by atoms with E-state index in [0.29, 0.717) is 18.0 Å². The SMILES string of the molecule is CC(O)C1CCN(Cc2cccc(N)c2F)CC1. The quantitative estimate of drug-likeness (QED) is 0.809. The predicted molar refractivity (Wildman–Crippen MR) is 70.5 cm³/mol. The number of aliphatic hydroxyl groups excluding tert-OH is 1. The van der Waals surface area contributed by atoms with Gasteiger partial charge in [-0.1, -0.05) is 12.1 Å². The maximum absolute atomic E-state index is 13.8. The van der Waals surface area contributed by atoms with Crippen LogP contribution >= 0.6 is 0 Å². The van der Waals surface area contributed by atoms with E-state index >= 15 is 0 Å². The largest absolute Gasteiger partial charge is 0.396 e. The number of nitrogens with two attached hydrogens (primary N) is 1. The molecule has 1 unspecified atom stereocenters. The van der Waals surface area contributed by atoms with Crippen LogP contribution in [0.5, 0.6) is 0 Å². The highest BCUT2D eigenvalue weighted by Gasteiger charge is 2.23. The van der Waals surface area contributed by atoms with Crippen molar-refractivity contribution in [2.24, 2.45) is 5.92 Å². The Balaban J connectivity index is 1.94. The molecule has 1 aliphatic rings. The van der Waals surface area contributed by atoms with Crippen molar-refractivity contribution >= 4 is 5.69 Å². The lowest BCUT2D eigenvalue weighted by Gasteiger charge is -2.33. The fourth-order valence-corrected chi connectivity index (χ4v) is 2.56. The second-order valence-electron chi connectivity index (χ2n) is 5.17. The molecule has 1 aromatic carbocycles. The molecule has 1 fully saturated rings. The first kappa shape index (κ1) is 13.3. The average Bonchev–Trinajstić information content (AvgIpc) is 2.36. The Morgan fingerprint density at radius 1 is 1.44 bits per heavy atom. The van der Waals surface area contributed by atoms with E-state index in [1.165, 1.54) is 0 Å². The van der Waals surface area contributed by atoms with E-state index in [1.807, 2.05) is 6.92 Å². The standard InChI is InChI=1S/C14H21FN2O/c1-10(18)11-5-7-17(8-6-11)9-12-3-2-4-13(16)14(12)15/h2-4,10-11,18H,5-9,16H2,1H3. The summed E-state index contributed by atoms with van der Waals surface area (Å²) in [4.78, 5) is 2.22. The highest BCUT2D eigenvalue weighted by atomic mass is 19.1. The summed E-state index contributed by atoms with van der Waals surface area (Å²) in [6.45, 7) is 4.26. The highest BCUT2D eigenvalue weighted by Crippen LogP contribution is 2.23. The molecule has 1 aliphatic heterocycles. The third-order valence-corrected chi connectivity index (χ3v) is 3.82. The molecule has 0 aliphatic carbocycles. The first-order valence-corrected chi connectivity index (χ1v) is 6.51. The van der Waals surface area contributed by atoms with Crippen LogP contribution in [-0.4, -0.2) is 29.2 Å². The van der Waals surface area contributed by atoms with E-state index < -0.39 is 0 Å². The number of halogens is 1. The first-order valence-electron chi connectivity index (χ1n) is 6.51. The van der Waals surface area contributed by atoms with Gasteiger partial charge in [-0.3, -0.25) is 4.90 Å². The molecule has 1 saturated heterocycles. The van der Waals surface area contributed by atoms with E-state index in [0.717, 1.165) is 25.9 Å². The van der Waals surface area contributed by atoms with Gasteiger partial charge in [-0.2, -0.15) is 0 Å². The molecule has 0 amide bonds. The van der Waals surface area contributed by atoms with Crippen molar-refractivity contribution in [3.63, 3.8) is 0 Å². The minimum absolute atomic E-state index is 0.214. The lowest BCUT2D eigenvalue weighted by Crippen LogP contribution is -2.36. The van der Waals surface area contributed by atoms with Crippen LogP contribution in [0.15, 0.2) is 18.2 Å². The summed E-state index contributed by atoms with van der Waals surface area (Å²) in [6, 6.07) is 5.15. The Labute approximate surface area is 107 Å². The topological polar surface area (TPSA) is 49.5 Å². The maximum Gasteiger partial charge on any atom is 0.150 e. The monoisotopic (exact) mass is 252 g/mol. The molecule has 0 radical (unpaired) electrons. The minimum atomic E-state index is -0.296. The smallest absolute Gasteiger partial charge is 0.150 e. The number of rotatable bonds is 3. The number of benzene rings is 1. The van der Waals surface area contributed by atoms with Crippen LogP contribution in [0.4, 0.5) is 10.1 Å². The molecule has 0 saturated carbocycles. The molecule has 0 bridgehead atoms. The van der Waals surface area contributed by atoms with Gasteiger partial charge in [0.25, 0.3) is 0 Å². The van der Waals surface area contributed by atoms with Gasteiger partial charge in [0.1, 0.15) is 0 Å². The van der Waals surface area contributed by atoms with Crippen LogP contribution in [0.2, 0.25) is 0 Å². The first-order chi connectivity index (χ1) is 8.58. The molecule has 100 valence electrons. The minimum Gasteiger partial charge on any atom is -0.396 e. The molecule has 3 nitrogen and oxygen atoms in total. The fraction of sp³-hybridized carbons (Fsp3) is 0.571. The number of hydrogen-bond donors (Lipinski definition) is 2. The Kier molecular flexibility index (Phi) is 4.19. The molecule has 3 N–H and O–H groups in total. The molecular weight excluding hydrogens is 231 g/mol. The normalized spacial score (nSPS) is 19.9. The molecule has 1 aromatic rings. The van der Waals surface area contributed by atoms with Crippen LogP contribution in [-0.2, 0) is 6.54 Å². The molecule has 2 rings (SSSR count). The van der Waals surface area contributed by atoms with Crippen molar-refractivity contribution in [3.8, 4) is 0 Å². The van der Waals surface area contributed by atoms with E-state index in [4.69, 9.17) is 5.73 Å². The summed E-state index contributed by atoms with van der Waals surface area (Å²) in [6.07, 6.45) is 1.71. The summed E-state index contributed by atoms with van der Waals surface area (Å²) in [5.41, 5.74) is 6.43. The zero-order chi connectivity index (χ0) is 13.1. The van der Waals surface area contributed by atoms with Crippen molar-refractivity contribution in [2.75, 3.05) is 18.8 Å². The molecule has 0 spiro atoms. The van der Waals surface area contributed by atoms with Gasteiger partial charge in [0.2, 0.25) is 0 Å². The second kappa shape index (κ2) is 5.67. The predicted octanol–water partition coefficient (Wildman–Crippen LogP) is 2.00. The summed E-state index contributed by atoms with van der Waals surface area (Å²) in [5, 5.41) is 9.54. The van der Waals surface area contributed by atoms with Crippen molar-refractivity contribution in [1.29, 1.82) is 0 Å². The van der Waals surface area contributed by atoms with Crippen LogP contribution in [0.3, 0.4) is 0 Å².